The fourth-order valence-electron chi connectivity index (χ4n) is 0.708. The summed E-state index contributed by atoms with van der Waals surface area (Å²) < 4.78 is 0. The standard InChI is InChI=1S/C10H14ClNO/c1-3-4-5-6-10(11)7-9(2)12-8-13/h3-9H,1-2H3,(H,12,13)/b4-3-,6-5-,10-7-. The van der Waals surface area contributed by atoms with Crippen LogP contribution in [-0.4, -0.2) is 12.5 Å². The minimum atomic E-state index is -0.0414. The van der Waals surface area contributed by atoms with Crippen LogP contribution in [0.1, 0.15) is 13.8 Å². The van der Waals surface area contributed by atoms with E-state index in [2.05, 4.69) is 5.32 Å². The van der Waals surface area contributed by atoms with E-state index in [-0.39, 0.29) is 6.04 Å². The van der Waals surface area contributed by atoms with E-state index < -0.39 is 0 Å². The molecule has 13 heavy (non-hydrogen) atoms. The van der Waals surface area contributed by atoms with Crippen LogP contribution in [0.2, 0.25) is 0 Å². The molecule has 0 spiro atoms. The lowest BCUT2D eigenvalue weighted by molar-refractivity contribution is -0.109. The Labute approximate surface area is 84.0 Å². The normalized spacial score (nSPS) is 15.2. The van der Waals surface area contributed by atoms with Crippen molar-refractivity contribution >= 4 is 18.0 Å². The monoisotopic (exact) mass is 199 g/mol. The van der Waals surface area contributed by atoms with Crippen LogP contribution >= 0.6 is 11.6 Å². The van der Waals surface area contributed by atoms with E-state index >= 15 is 0 Å². The van der Waals surface area contributed by atoms with Crippen molar-refractivity contribution in [3.8, 4) is 0 Å². The molecule has 1 atom stereocenters. The first-order valence-electron chi connectivity index (χ1n) is 4.07. The molecule has 0 aliphatic rings. The molecule has 0 bridgehead atoms. The summed E-state index contributed by atoms with van der Waals surface area (Å²) in [4.78, 5) is 10.0. The first-order valence-corrected chi connectivity index (χ1v) is 4.45. The van der Waals surface area contributed by atoms with E-state index in [1.165, 1.54) is 0 Å². The van der Waals surface area contributed by atoms with Crippen molar-refractivity contribution < 1.29 is 4.79 Å². The number of hydrogen-bond donors (Lipinski definition) is 1. The maximum Gasteiger partial charge on any atom is 0.207 e. The van der Waals surface area contributed by atoms with Crippen molar-refractivity contribution in [1.82, 2.24) is 5.32 Å². The Bertz CT molecular complexity index is 231. The Kier molecular flexibility index (Phi) is 7.02. The lowest BCUT2D eigenvalue weighted by atomic mass is 10.3. The van der Waals surface area contributed by atoms with Gasteiger partial charge in [-0.1, -0.05) is 29.8 Å². The molecule has 1 N–H and O–H groups in total. The summed E-state index contributed by atoms with van der Waals surface area (Å²) in [7, 11) is 0. The smallest absolute Gasteiger partial charge is 0.207 e. The highest BCUT2D eigenvalue weighted by Gasteiger charge is 1.93. The van der Waals surface area contributed by atoms with Gasteiger partial charge in [-0.25, -0.2) is 0 Å². The first-order chi connectivity index (χ1) is 6.20. The first kappa shape index (κ1) is 12.0. The molecule has 0 saturated heterocycles. The maximum atomic E-state index is 10.0. The third-order valence-corrected chi connectivity index (χ3v) is 1.55. The largest absolute Gasteiger partial charge is 0.353 e. The van der Waals surface area contributed by atoms with Gasteiger partial charge in [0.05, 0.1) is 0 Å². The van der Waals surface area contributed by atoms with Gasteiger partial charge < -0.3 is 5.32 Å². The second-order valence-electron chi connectivity index (χ2n) is 2.51. The molecule has 72 valence electrons. The highest BCUT2D eigenvalue weighted by molar-refractivity contribution is 6.31. The number of amides is 1. The molecule has 0 saturated carbocycles. The summed E-state index contributed by atoms with van der Waals surface area (Å²) in [6.45, 7) is 3.78. The van der Waals surface area contributed by atoms with Gasteiger partial charge in [0.1, 0.15) is 0 Å². The van der Waals surface area contributed by atoms with Crippen LogP contribution in [0, 0.1) is 0 Å². The van der Waals surface area contributed by atoms with Gasteiger partial charge in [-0.3, -0.25) is 4.79 Å². The topological polar surface area (TPSA) is 29.1 Å². The van der Waals surface area contributed by atoms with Crippen molar-refractivity contribution in [1.29, 1.82) is 0 Å². The van der Waals surface area contributed by atoms with Crippen LogP contribution in [0.4, 0.5) is 0 Å². The summed E-state index contributed by atoms with van der Waals surface area (Å²) in [5.74, 6) is 0. The second kappa shape index (κ2) is 7.62. The van der Waals surface area contributed by atoms with Crippen LogP contribution in [-0.2, 0) is 4.79 Å². The Morgan fingerprint density at radius 1 is 1.46 bits per heavy atom. The third-order valence-electron chi connectivity index (χ3n) is 1.30. The lowest BCUT2D eigenvalue weighted by Crippen LogP contribution is -2.21. The molecule has 0 aromatic rings. The molecule has 0 rings (SSSR count). The Morgan fingerprint density at radius 2 is 2.15 bits per heavy atom. The van der Waals surface area contributed by atoms with Crippen LogP contribution in [0.3, 0.4) is 0 Å². The number of hydrogen-bond acceptors (Lipinski definition) is 1. The molecule has 1 unspecified atom stereocenters. The van der Waals surface area contributed by atoms with Gasteiger partial charge in [-0.2, -0.15) is 0 Å². The van der Waals surface area contributed by atoms with Gasteiger partial charge in [-0.05, 0) is 26.0 Å². The molecule has 2 nitrogen and oxygen atoms in total. The Hall–Kier alpha value is -1.02. The van der Waals surface area contributed by atoms with E-state index in [4.69, 9.17) is 11.6 Å². The summed E-state index contributed by atoms with van der Waals surface area (Å²) in [6, 6.07) is -0.0414. The van der Waals surface area contributed by atoms with Gasteiger partial charge in [0.2, 0.25) is 6.41 Å². The summed E-state index contributed by atoms with van der Waals surface area (Å²) >= 11 is 5.83. The quantitative estimate of drug-likeness (QED) is 0.535. The van der Waals surface area contributed by atoms with Crippen LogP contribution in [0.15, 0.2) is 35.4 Å². The third kappa shape index (κ3) is 7.34. The average Bonchev–Trinajstić information content (AvgIpc) is 2.05. The zero-order valence-corrected chi connectivity index (χ0v) is 8.58. The van der Waals surface area contributed by atoms with Crippen LogP contribution < -0.4 is 5.32 Å². The summed E-state index contributed by atoms with van der Waals surface area (Å²) in [5.41, 5.74) is 0. The zero-order valence-electron chi connectivity index (χ0n) is 7.83. The number of carbonyl (C=O) groups excluding carboxylic acids is 1. The van der Waals surface area contributed by atoms with Gasteiger partial charge >= 0.3 is 0 Å². The predicted octanol–water partition coefficient (Wildman–Crippen LogP) is 2.38. The molecule has 1 amide bonds. The molecule has 0 fully saturated rings. The molecule has 0 aromatic heterocycles. The Morgan fingerprint density at radius 3 is 2.69 bits per heavy atom. The minimum Gasteiger partial charge on any atom is -0.353 e. The number of allylic oxidation sites excluding steroid dienone is 5. The van der Waals surface area contributed by atoms with Crippen molar-refractivity contribution in [3.63, 3.8) is 0 Å². The fourth-order valence-corrected chi connectivity index (χ4v) is 0.970. The van der Waals surface area contributed by atoms with E-state index in [9.17, 15) is 4.79 Å². The van der Waals surface area contributed by atoms with Crippen LogP contribution in [0.5, 0.6) is 0 Å². The van der Waals surface area contributed by atoms with Crippen molar-refractivity contribution in [2.24, 2.45) is 0 Å². The number of carbonyl (C=O) groups is 1. The van der Waals surface area contributed by atoms with Crippen molar-refractivity contribution in [3.05, 3.63) is 35.4 Å². The lowest BCUT2D eigenvalue weighted by Gasteiger charge is -2.02. The van der Waals surface area contributed by atoms with Gasteiger partial charge in [-0.15, -0.1) is 0 Å². The average molecular weight is 200 g/mol. The molecule has 0 aliphatic heterocycles. The minimum absolute atomic E-state index is 0.0414. The van der Waals surface area contributed by atoms with Crippen LogP contribution in [0.25, 0.3) is 0 Å². The second-order valence-corrected chi connectivity index (χ2v) is 2.95. The SMILES string of the molecule is C\C=C/C=C\C(Cl)=C\C(C)NC=O. The summed E-state index contributed by atoms with van der Waals surface area (Å²) in [5, 5.41) is 3.18. The molecular formula is C10H14ClNO. The summed E-state index contributed by atoms with van der Waals surface area (Å²) in [6.07, 6.45) is 9.82. The Balaban J connectivity index is 4.07. The molecule has 0 aliphatic carbocycles. The zero-order chi connectivity index (χ0) is 10.1. The highest BCUT2D eigenvalue weighted by Crippen LogP contribution is 2.04. The van der Waals surface area contributed by atoms with Crippen molar-refractivity contribution in [2.45, 2.75) is 19.9 Å². The highest BCUT2D eigenvalue weighted by atomic mass is 35.5. The van der Waals surface area contributed by atoms with Gasteiger partial charge in [0.15, 0.2) is 0 Å². The van der Waals surface area contributed by atoms with Crippen molar-refractivity contribution in [2.75, 3.05) is 0 Å². The van der Waals surface area contributed by atoms with E-state index in [1.54, 1.807) is 12.2 Å². The predicted molar refractivity (Wildman–Crippen MR) is 56.6 cm³/mol. The molecule has 0 radical (unpaired) electrons. The molecular weight excluding hydrogens is 186 g/mol. The fraction of sp³-hybridized carbons (Fsp3) is 0.300. The molecule has 3 heteroatoms. The molecule has 0 aromatic carbocycles. The number of halogens is 1. The molecule has 0 heterocycles. The van der Waals surface area contributed by atoms with E-state index in [0.717, 1.165) is 0 Å². The van der Waals surface area contributed by atoms with Gasteiger partial charge in [0.25, 0.3) is 0 Å². The number of nitrogens with one attached hydrogen (secondary N) is 1. The van der Waals surface area contributed by atoms with E-state index in [1.807, 2.05) is 32.1 Å². The maximum absolute atomic E-state index is 10.0. The van der Waals surface area contributed by atoms with E-state index in [0.29, 0.717) is 11.4 Å². The number of rotatable bonds is 5. The van der Waals surface area contributed by atoms with Gasteiger partial charge in [0, 0.05) is 11.1 Å².